The minimum Gasteiger partial charge on any atom is -0.378 e. The second-order valence-corrected chi connectivity index (χ2v) is 4.53. The normalized spacial score (nSPS) is 17.6. The van der Waals surface area contributed by atoms with Crippen molar-refractivity contribution in [3.05, 3.63) is 59.4 Å². The third kappa shape index (κ3) is 1.91. The van der Waals surface area contributed by atoms with Gasteiger partial charge in [0.15, 0.2) is 0 Å². The Kier molecular flexibility index (Phi) is 2.56. The van der Waals surface area contributed by atoms with Crippen molar-refractivity contribution in [3.8, 4) is 0 Å². The summed E-state index contributed by atoms with van der Waals surface area (Å²) in [7, 11) is 0. The van der Waals surface area contributed by atoms with Gasteiger partial charge >= 0.3 is 0 Å². The van der Waals surface area contributed by atoms with Gasteiger partial charge in [0.05, 0.1) is 6.04 Å². The molecule has 1 aromatic heterocycles. The second-order valence-electron chi connectivity index (χ2n) is 4.53. The molecule has 2 aromatic rings. The summed E-state index contributed by atoms with van der Waals surface area (Å²) in [6.07, 6.45) is 5.94. The zero-order chi connectivity index (χ0) is 11.7. The van der Waals surface area contributed by atoms with Crippen LogP contribution in [0, 0.1) is 0 Å². The van der Waals surface area contributed by atoms with E-state index in [9.17, 15) is 0 Å². The van der Waals surface area contributed by atoms with E-state index in [0.717, 1.165) is 12.8 Å². The molecule has 0 radical (unpaired) electrons. The Balaban J connectivity index is 1.88. The lowest BCUT2D eigenvalue weighted by Gasteiger charge is -2.10. The molecule has 0 amide bonds. The third-order valence-corrected chi connectivity index (χ3v) is 3.42. The van der Waals surface area contributed by atoms with E-state index >= 15 is 0 Å². The number of fused-ring (bicyclic) bond motifs is 1. The van der Waals surface area contributed by atoms with E-state index in [1.165, 1.54) is 22.4 Å². The summed E-state index contributed by atoms with van der Waals surface area (Å²) >= 11 is 0. The van der Waals surface area contributed by atoms with E-state index < -0.39 is 0 Å². The molecule has 0 bridgehead atoms. The molecule has 0 saturated carbocycles. The first-order valence-electron chi connectivity index (χ1n) is 6.15. The lowest BCUT2D eigenvalue weighted by atomic mass is 10.0. The number of anilines is 1. The van der Waals surface area contributed by atoms with E-state index in [0.29, 0.717) is 6.04 Å². The molecule has 2 nitrogen and oxygen atoms in total. The highest BCUT2D eigenvalue weighted by Gasteiger charge is 2.21. The van der Waals surface area contributed by atoms with Crippen LogP contribution < -0.4 is 5.32 Å². The number of aryl methyl sites for hydroxylation is 1. The van der Waals surface area contributed by atoms with Crippen molar-refractivity contribution >= 4 is 5.69 Å². The van der Waals surface area contributed by atoms with Gasteiger partial charge in [0.25, 0.3) is 0 Å². The first-order chi connectivity index (χ1) is 8.36. The average molecular weight is 224 g/mol. The Bertz CT molecular complexity index is 520. The predicted molar refractivity (Wildman–Crippen MR) is 70.1 cm³/mol. The number of rotatable bonds is 2. The highest BCUT2D eigenvalue weighted by Crippen LogP contribution is 2.34. The molecule has 86 valence electrons. The van der Waals surface area contributed by atoms with Crippen LogP contribution in [0.4, 0.5) is 5.69 Å². The van der Waals surface area contributed by atoms with Crippen molar-refractivity contribution in [1.82, 2.24) is 4.98 Å². The number of hydrogen-bond donors (Lipinski definition) is 1. The quantitative estimate of drug-likeness (QED) is 0.846. The Morgan fingerprint density at radius 1 is 1.35 bits per heavy atom. The molecule has 1 unspecified atom stereocenters. The summed E-state index contributed by atoms with van der Waals surface area (Å²) in [5.41, 5.74) is 5.38. The molecule has 0 fully saturated rings. The fourth-order valence-corrected chi connectivity index (χ4v) is 2.42. The summed E-state index contributed by atoms with van der Waals surface area (Å²) in [6, 6.07) is 11.2. The van der Waals surface area contributed by atoms with E-state index in [2.05, 4.69) is 41.5 Å². The molecule has 1 atom stereocenters. The molecule has 3 rings (SSSR count). The number of hydrogen-bond acceptors (Lipinski definition) is 2. The first-order valence-corrected chi connectivity index (χ1v) is 6.15. The topological polar surface area (TPSA) is 24.9 Å². The number of benzene rings is 1. The van der Waals surface area contributed by atoms with Gasteiger partial charge in [0, 0.05) is 18.1 Å². The van der Waals surface area contributed by atoms with Crippen molar-refractivity contribution in [2.75, 3.05) is 5.32 Å². The lowest BCUT2D eigenvalue weighted by molar-refractivity contribution is 0.817. The summed E-state index contributed by atoms with van der Waals surface area (Å²) in [5, 5.41) is 3.56. The van der Waals surface area contributed by atoms with E-state index in [1.807, 2.05) is 18.5 Å². The van der Waals surface area contributed by atoms with Gasteiger partial charge in [-0.3, -0.25) is 4.98 Å². The van der Waals surface area contributed by atoms with Crippen LogP contribution in [0.15, 0.2) is 42.7 Å². The monoisotopic (exact) mass is 224 g/mol. The molecule has 1 N–H and O–H groups in total. The fraction of sp³-hybridized carbons (Fsp3) is 0.267. The third-order valence-electron chi connectivity index (χ3n) is 3.42. The molecule has 1 aromatic carbocycles. The van der Waals surface area contributed by atoms with Gasteiger partial charge in [-0.2, -0.15) is 0 Å². The molecule has 2 heterocycles. The standard InChI is InChI=1S/C15H16N2/c1-2-11-5-6-14-13(8-11)9-15(17-14)12-4-3-7-16-10-12/h3-8,10,15,17H,2,9H2,1H3. The highest BCUT2D eigenvalue weighted by molar-refractivity contribution is 5.59. The molecule has 0 aliphatic carbocycles. The van der Waals surface area contributed by atoms with E-state index in [-0.39, 0.29) is 0 Å². The lowest BCUT2D eigenvalue weighted by Crippen LogP contribution is -2.05. The van der Waals surface area contributed by atoms with Crippen LogP contribution in [0.25, 0.3) is 0 Å². The predicted octanol–water partition coefficient (Wildman–Crippen LogP) is 3.35. The zero-order valence-electron chi connectivity index (χ0n) is 9.98. The van der Waals surface area contributed by atoms with Gasteiger partial charge in [-0.1, -0.05) is 25.1 Å². The Morgan fingerprint density at radius 2 is 2.29 bits per heavy atom. The van der Waals surface area contributed by atoms with Gasteiger partial charge in [0.2, 0.25) is 0 Å². The van der Waals surface area contributed by atoms with Crippen molar-refractivity contribution in [3.63, 3.8) is 0 Å². The van der Waals surface area contributed by atoms with E-state index in [1.54, 1.807) is 0 Å². The van der Waals surface area contributed by atoms with Crippen LogP contribution in [-0.4, -0.2) is 4.98 Å². The Labute approximate surface area is 102 Å². The summed E-state index contributed by atoms with van der Waals surface area (Å²) < 4.78 is 0. The van der Waals surface area contributed by atoms with Gasteiger partial charge in [-0.25, -0.2) is 0 Å². The number of aromatic nitrogens is 1. The maximum absolute atomic E-state index is 4.19. The smallest absolute Gasteiger partial charge is 0.0570 e. The molecule has 0 saturated heterocycles. The van der Waals surface area contributed by atoms with E-state index in [4.69, 9.17) is 0 Å². The average Bonchev–Trinajstić information content (AvgIpc) is 2.82. The SMILES string of the molecule is CCc1ccc2c(c1)CC(c1cccnc1)N2. The maximum atomic E-state index is 4.19. The van der Waals surface area contributed by atoms with Crippen molar-refractivity contribution < 1.29 is 0 Å². The molecule has 1 aliphatic heterocycles. The first kappa shape index (κ1) is 10.3. The molecule has 1 aliphatic rings. The number of pyridine rings is 1. The molecular formula is C15H16N2. The fourth-order valence-electron chi connectivity index (χ4n) is 2.42. The van der Waals surface area contributed by atoms with Crippen LogP contribution in [0.3, 0.4) is 0 Å². The van der Waals surface area contributed by atoms with Crippen molar-refractivity contribution in [2.45, 2.75) is 25.8 Å². The number of nitrogens with zero attached hydrogens (tertiary/aromatic N) is 1. The molecule has 2 heteroatoms. The van der Waals surface area contributed by atoms with Crippen LogP contribution in [-0.2, 0) is 12.8 Å². The van der Waals surface area contributed by atoms with Crippen molar-refractivity contribution in [2.24, 2.45) is 0 Å². The molecule has 0 spiro atoms. The van der Waals surface area contributed by atoms with Crippen LogP contribution in [0.2, 0.25) is 0 Å². The number of nitrogens with one attached hydrogen (secondary N) is 1. The van der Waals surface area contributed by atoms with Gasteiger partial charge < -0.3 is 5.32 Å². The van der Waals surface area contributed by atoms with Gasteiger partial charge in [-0.05, 0) is 41.7 Å². The maximum Gasteiger partial charge on any atom is 0.0570 e. The van der Waals surface area contributed by atoms with Crippen molar-refractivity contribution in [1.29, 1.82) is 0 Å². The van der Waals surface area contributed by atoms with Gasteiger partial charge in [0.1, 0.15) is 0 Å². The zero-order valence-corrected chi connectivity index (χ0v) is 9.98. The summed E-state index contributed by atoms with van der Waals surface area (Å²) in [4.78, 5) is 4.19. The van der Waals surface area contributed by atoms with Crippen LogP contribution in [0.1, 0.15) is 29.7 Å². The Morgan fingerprint density at radius 3 is 3.06 bits per heavy atom. The van der Waals surface area contributed by atoms with Gasteiger partial charge in [-0.15, -0.1) is 0 Å². The van der Waals surface area contributed by atoms with Crippen LogP contribution >= 0.6 is 0 Å². The second kappa shape index (κ2) is 4.21. The minimum atomic E-state index is 0.380. The largest absolute Gasteiger partial charge is 0.378 e. The minimum absolute atomic E-state index is 0.380. The molecule has 17 heavy (non-hydrogen) atoms. The van der Waals surface area contributed by atoms with Crippen LogP contribution in [0.5, 0.6) is 0 Å². The summed E-state index contributed by atoms with van der Waals surface area (Å²) in [6.45, 7) is 2.20. The molecular weight excluding hydrogens is 208 g/mol. The Hall–Kier alpha value is -1.83. The highest BCUT2D eigenvalue weighted by atomic mass is 15.0. The summed E-state index contributed by atoms with van der Waals surface area (Å²) in [5.74, 6) is 0.